The molecule has 0 bridgehead atoms. The fourth-order valence-electron chi connectivity index (χ4n) is 1.12. The van der Waals surface area contributed by atoms with Crippen LogP contribution in [0, 0.1) is 12.3 Å². The van der Waals surface area contributed by atoms with Gasteiger partial charge in [0.15, 0.2) is 0 Å². The molecule has 0 aromatic rings. The molecule has 0 aliphatic carbocycles. The molecule has 0 saturated carbocycles. The minimum absolute atomic E-state index is 0.116. The fraction of sp³-hybridized carbons (Fsp3) is 0.455. The number of rotatable bonds is 7. The first-order valence-corrected chi connectivity index (χ1v) is 6.56. The molecule has 0 spiro atoms. The molecule has 0 rings (SSSR count). The summed E-state index contributed by atoms with van der Waals surface area (Å²) in [5, 5.41) is 0. The first-order valence-electron chi connectivity index (χ1n) is 4.76. The van der Waals surface area contributed by atoms with Gasteiger partial charge in [-0.15, -0.1) is 18.9 Å². The summed E-state index contributed by atoms with van der Waals surface area (Å²) in [5.74, 6) is 2.53. The Hall–Kier alpha value is -0.810. The molecule has 0 radical (unpaired) electrons. The van der Waals surface area contributed by atoms with E-state index in [0.29, 0.717) is 12.8 Å². The lowest BCUT2D eigenvalue weighted by Gasteiger charge is -2.03. The van der Waals surface area contributed by atoms with Crippen molar-refractivity contribution in [3.63, 3.8) is 0 Å². The normalized spacial score (nSPS) is 12.2. The monoisotopic (exact) mass is 228 g/mol. The van der Waals surface area contributed by atoms with Crippen LogP contribution < -0.4 is 0 Å². The van der Waals surface area contributed by atoms with Gasteiger partial charge in [0.2, 0.25) is 0 Å². The molecule has 0 saturated heterocycles. The van der Waals surface area contributed by atoms with E-state index in [1.54, 1.807) is 6.08 Å². The summed E-state index contributed by atoms with van der Waals surface area (Å²) in [6.07, 6.45) is 11.3. The Balaban J connectivity index is 4.11. The molecular weight excluding hydrogens is 211 g/mol. The molecule has 0 aromatic heterocycles. The van der Waals surface area contributed by atoms with E-state index in [9.17, 15) is 4.57 Å². The maximum atomic E-state index is 10.6. The van der Waals surface area contributed by atoms with Crippen LogP contribution in [-0.2, 0) is 4.57 Å². The summed E-state index contributed by atoms with van der Waals surface area (Å²) in [4.78, 5) is 17.3. The van der Waals surface area contributed by atoms with E-state index in [-0.39, 0.29) is 6.16 Å². The topological polar surface area (TPSA) is 57.5 Å². The Bertz CT molecular complexity index is 306. The second-order valence-corrected chi connectivity index (χ2v) is 5.02. The van der Waals surface area contributed by atoms with Crippen molar-refractivity contribution in [1.29, 1.82) is 0 Å². The van der Waals surface area contributed by atoms with Gasteiger partial charge in [-0.2, -0.15) is 0 Å². The Morgan fingerprint density at radius 3 is 2.60 bits per heavy atom. The van der Waals surface area contributed by atoms with Crippen molar-refractivity contribution in [2.75, 3.05) is 6.16 Å². The summed E-state index contributed by atoms with van der Waals surface area (Å²) < 4.78 is 10.6. The van der Waals surface area contributed by atoms with E-state index in [0.717, 1.165) is 18.4 Å². The predicted octanol–water partition coefficient (Wildman–Crippen LogP) is 2.47. The maximum absolute atomic E-state index is 10.6. The van der Waals surface area contributed by atoms with Crippen molar-refractivity contribution in [2.45, 2.75) is 25.7 Å². The Labute approximate surface area is 91.1 Å². The second-order valence-electron chi connectivity index (χ2n) is 3.25. The predicted molar refractivity (Wildman–Crippen MR) is 62.5 cm³/mol. The van der Waals surface area contributed by atoms with Gasteiger partial charge in [-0.05, 0) is 19.3 Å². The molecule has 0 aliphatic heterocycles. The summed E-state index contributed by atoms with van der Waals surface area (Å²) in [7, 11) is -3.88. The number of terminal acetylenes is 1. The highest BCUT2D eigenvalue weighted by atomic mass is 31.2. The van der Waals surface area contributed by atoms with Gasteiger partial charge in [-0.3, -0.25) is 4.57 Å². The Morgan fingerprint density at radius 2 is 2.13 bits per heavy atom. The van der Waals surface area contributed by atoms with Crippen LogP contribution in [0.4, 0.5) is 0 Å². The summed E-state index contributed by atoms with van der Waals surface area (Å²) in [5.41, 5.74) is 1.05. The number of hydrogen-bond donors (Lipinski definition) is 2. The van der Waals surface area contributed by atoms with Gasteiger partial charge in [-0.25, -0.2) is 0 Å². The molecule has 0 atom stereocenters. The molecule has 0 heterocycles. The average Bonchev–Trinajstić information content (AvgIpc) is 2.12. The highest BCUT2D eigenvalue weighted by Gasteiger charge is 2.10. The highest BCUT2D eigenvalue weighted by molar-refractivity contribution is 7.51. The third kappa shape index (κ3) is 9.49. The molecular formula is C11H17O3P. The van der Waals surface area contributed by atoms with Crippen molar-refractivity contribution in [1.82, 2.24) is 0 Å². The number of allylic oxidation sites excluding steroid dienone is 3. The van der Waals surface area contributed by atoms with Crippen LogP contribution in [0.5, 0.6) is 0 Å². The molecule has 0 aromatic carbocycles. The van der Waals surface area contributed by atoms with Gasteiger partial charge in [0, 0.05) is 6.42 Å². The Kier molecular flexibility index (Phi) is 7.07. The first-order chi connectivity index (χ1) is 6.99. The van der Waals surface area contributed by atoms with E-state index in [4.69, 9.17) is 16.2 Å². The Morgan fingerprint density at radius 1 is 1.47 bits per heavy atom. The van der Waals surface area contributed by atoms with Crippen LogP contribution in [0.2, 0.25) is 0 Å². The molecule has 84 valence electrons. The van der Waals surface area contributed by atoms with Gasteiger partial charge < -0.3 is 9.79 Å². The lowest BCUT2D eigenvalue weighted by atomic mass is 10.1. The molecule has 0 amide bonds. The molecule has 4 heteroatoms. The SMILES string of the molecule is C#CCC(=CCCP(=O)(O)O)CCC=C. The standard InChI is InChI=1S/C11H17O3P/c1-3-5-8-11(7-4-2)9-6-10-15(12,13)14/h2-3,9H,1,5-8,10H2,(H2,12,13,14). The molecule has 0 fully saturated rings. The first kappa shape index (κ1) is 14.2. The molecule has 0 aliphatic rings. The van der Waals surface area contributed by atoms with E-state index >= 15 is 0 Å². The average molecular weight is 228 g/mol. The van der Waals surface area contributed by atoms with Crippen LogP contribution in [-0.4, -0.2) is 15.9 Å². The van der Waals surface area contributed by atoms with Crippen molar-refractivity contribution in [3.8, 4) is 12.3 Å². The largest absolute Gasteiger partial charge is 0.325 e. The van der Waals surface area contributed by atoms with Gasteiger partial charge in [0.1, 0.15) is 0 Å². The van der Waals surface area contributed by atoms with Crippen molar-refractivity contribution in [3.05, 3.63) is 24.3 Å². The van der Waals surface area contributed by atoms with Gasteiger partial charge in [0.25, 0.3) is 0 Å². The molecule has 0 unspecified atom stereocenters. The molecule has 2 N–H and O–H groups in total. The smallest absolute Gasteiger partial charge is 0.324 e. The van der Waals surface area contributed by atoms with Crippen molar-refractivity contribution >= 4 is 7.60 Å². The molecule has 15 heavy (non-hydrogen) atoms. The van der Waals surface area contributed by atoms with Gasteiger partial charge in [0.05, 0.1) is 6.16 Å². The minimum Gasteiger partial charge on any atom is -0.324 e. The zero-order chi connectivity index (χ0) is 11.7. The summed E-state index contributed by atoms with van der Waals surface area (Å²) in [6.45, 7) is 3.61. The van der Waals surface area contributed by atoms with E-state index in [2.05, 4.69) is 12.5 Å². The van der Waals surface area contributed by atoms with E-state index in [1.165, 1.54) is 0 Å². The zero-order valence-corrected chi connectivity index (χ0v) is 9.62. The van der Waals surface area contributed by atoms with E-state index in [1.807, 2.05) is 6.08 Å². The van der Waals surface area contributed by atoms with Gasteiger partial charge >= 0.3 is 7.60 Å². The second kappa shape index (κ2) is 7.48. The summed E-state index contributed by atoms with van der Waals surface area (Å²) >= 11 is 0. The van der Waals surface area contributed by atoms with Crippen LogP contribution in [0.25, 0.3) is 0 Å². The van der Waals surface area contributed by atoms with Crippen LogP contribution >= 0.6 is 7.60 Å². The minimum atomic E-state index is -3.88. The van der Waals surface area contributed by atoms with Gasteiger partial charge in [-0.1, -0.05) is 17.7 Å². The number of hydrogen-bond acceptors (Lipinski definition) is 1. The van der Waals surface area contributed by atoms with Crippen LogP contribution in [0.1, 0.15) is 25.7 Å². The van der Waals surface area contributed by atoms with E-state index < -0.39 is 7.60 Å². The van der Waals surface area contributed by atoms with Crippen LogP contribution in [0.15, 0.2) is 24.3 Å². The third-order valence-electron chi connectivity index (χ3n) is 1.85. The lowest BCUT2D eigenvalue weighted by Crippen LogP contribution is -1.88. The van der Waals surface area contributed by atoms with Crippen LogP contribution in [0.3, 0.4) is 0 Å². The molecule has 3 nitrogen and oxygen atoms in total. The van der Waals surface area contributed by atoms with Crippen molar-refractivity contribution < 1.29 is 14.4 Å². The van der Waals surface area contributed by atoms with Crippen molar-refractivity contribution in [2.24, 2.45) is 0 Å². The fourth-order valence-corrected chi connectivity index (χ4v) is 1.58. The summed E-state index contributed by atoms with van der Waals surface area (Å²) in [6, 6.07) is 0. The quantitative estimate of drug-likeness (QED) is 0.400. The lowest BCUT2D eigenvalue weighted by molar-refractivity contribution is 0.373. The third-order valence-corrected chi connectivity index (χ3v) is 2.69. The maximum Gasteiger partial charge on any atom is 0.325 e. The zero-order valence-electron chi connectivity index (χ0n) is 8.72. The highest BCUT2D eigenvalue weighted by Crippen LogP contribution is 2.35.